The molecular weight excluding hydrogens is 422 g/mol. The van der Waals surface area contributed by atoms with E-state index in [0.717, 1.165) is 56.6 Å². The van der Waals surface area contributed by atoms with Crippen LogP contribution < -0.4 is 15.5 Å². The van der Waals surface area contributed by atoms with Crippen molar-refractivity contribution in [1.29, 1.82) is 0 Å². The van der Waals surface area contributed by atoms with Crippen LogP contribution in [0.3, 0.4) is 0 Å². The van der Waals surface area contributed by atoms with E-state index < -0.39 is 0 Å². The number of rotatable bonds is 6. The van der Waals surface area contributed by atoms with Crippen LogP contribution in [0, 0.1) is 0 Å². The molecule has 2 fully saturated rings. The number of hydrogen-bond donors (Lipinski definition) is 2. The van der Waals surface area contributed by atoms with Gasteiger partial charge in [0.15, 0.2) is 0 Å². The molecule has 0 radical (unpaired) electrons. The molecule has 0 saturated carbocycles. The molecule has 2 aliphatic rings. The van der Waals surface area contributed by atoms with E-state index in [9.17, 15) is 4.79 Å². The lowest BCUT2D eigenvalue weighted by Crippen LogP contribution is -2.50. The van der Waals surface area contributed by atoms with Crippen LogP contribution >= 0.6 is 11.6 Å². The van der Waals surface area contributed by atoms with E-state index in [-0.39, 0.29) is 11.5 Å². The van der Waals surface area contributed by atoms with Gasteiger partial charge in [-0.1, -0.05) is 23.7 Å². The molecule has 2 aromatic rings. The zero-order chi connectivity index (χ0) is 22.6. The Balaban J connectivity index is 1.23. The summed E-state index contributed by atoms with van der Waals surface area (Å²) in [5.74, 6) is -0.0387. The number of anilines is 2. The molecule has 2 aliphatic heterocycles. The van der Waals surface area contributed by atoms with Crippen LogP contribution in [0.2, 0.25) is 5.02 Å². The lowest BCUT2D eigenvalue weighted by molar-refractivity contribution is -0.115. The van der Waals surface area contributed by atoms with E-state index in [2.05, 4.69) is 41.5 Å². The molecule has 2 heterocycles. The zero-order valence-corrected chi connectivity index (χ0v) is 19.8. The van der Waals surface area contributed by atoms with Gasteiger partial charge in [-0.3, -0.25) is 4.79 Å². The van der Waals surface area contributed by atoms with Crippen LogP contribution in [-0.2, 0) is 16.0 Å². The normalized spacial score (nSPS) is 21.3. The van der Waals surface area contributed by atoms with Crippen LogP contribution in [0.25, 0.3) is 0 Å². The molecule has 1 atom stereocenters. The van der Waals surface area contributed by atoms with Crippen LogP contribution in [0.1, 0.15) is 45.1 Å². The summed E-state index contributed by atoms with van der Waals surface area (Å²) in [5, 5.41) is 7.50. The molecule has 2 N–H and O–H groups in total. The first-order valence-electron chi connectivity index (χ1n) is 11.7. The monoisotopic (exact) mass is 455 g/mol. The van der Waals surface area contributed by atoms with Crippen molar-refractivity contribution in [2.24, 2.45) is 0 Å². The smallest absolute Gasteiger partial charge is 0.228 e. The van der Waals surface area contributed by atoms with E-state index in [1.807, 2.05) is 36.4 Å². The molecule has 1 amide bonds. The van der Waals surface area contributed by atoms with E-state index in [4.69, 9.17) is 16.3 Å². The Bertz CT molecular complexity index is 908. The van der Waals surface area contributed by atoms with E-state index in [1.165, 1.54) is 5.69 Å². The van der Waals surface area contributed by atoms with Crippen molar-refractivity contribution < 1.29 is 9.53 Å². The maximum atomic E-state index is 12.3. The van der Waals surface area contributed by atoms with E-state index in [1.54, 1.807) is 0 Å². The number of amides is 1. The van der Waals surface area contributed by atoms with Crippen LogP contribution in [0.5, 0.6) is 0 Å². The maximum absolute atomic E-state index is 12.3. The van der Waals surface area contributed by atoms with Gasteiger partial charge in [0.2, 0.25) is 5.91 Å². The van der Waals surface area contributed by atoms with Gasteiger partial charge < -0.3 is 20.3 Å². The summed E-state index contributed by atoms with van der Waals surface area (Å²) in [6.07, 6.45) is 4.80. The molecule has 172 valence electrons. The molecule has 4 rings (SSSR count). The van der Waals surface area contributed by atoms with Crippen molar-refractivity contribution in [3.8, 4) is 0 Å². The third-order valence-corrected chi connectivity index (χ3v) is 6.67. The summed E-state index contributed by atoms with van der Waals surface area (Å²) >= 11 is 6.00. The van der Waals surface area contributed by atoms with Gasteiger partial charge in [0, 0.05) is 48.2 Å². The highest BCUT2D eigenvalue weighted by Gasteiger charge is 2.30. The fraction of sp³-hybridized carbons (Fsp3) is 0.500. The molecule has 0 unspecified atom stereocenters. The Hall–Kier alpha value is -2.08. The predicted molar refractivity (Wildman–Crippen MR) is 132 cm³/mol. The number of nitrogens with one attached hydrogen (secondary N) is 2. The lowest BCUT2D eigenvalue weighted by Gasteiger charge is -2.40. The zero-order valence-electron chi connectivity index (χ0n) is 19.1. The third kappa shape index (κ3) is 6.47. The van der Waals surface area contributed by atoms with E-state index >= 15 is 0 Å². The van der Waals surface area contributed by atoms with Crippen molar-refractivity contribution >= 4 is 28.9 Å². The number of benzene rings is 2. The maximum Gasteiger partial charge on any atom is 0.228 e. The minimum absolute atomic E-state index is 0.0120. The van der Waals surface area contributed by atoms with Gasteiger partial charge in [-0.2, -0.15) is 0 Å². The first kappa shape index (κ1) is 23.1. The van der Waals surface area contributed by atoms with Crippen molar-refractivity contribution in [2.45, 2.75) is 63.6 Å². The fourth-order valence-electron chi connectivity index (χ4n) is 4.80. The highest BCUT2D eigenvalue weighted by molar-refractivity contribution is 6.30. The van der Waals surface area contributed by atoms with Crippen molar-refractivity contribution in [1.82, 2.24) is 5.32 Å². The van der Waals surface area contributed by atoms with Crippen molar-refractivity contribution in [3.05, 3.63) is 59.1 Å². The summed E-state index contributed by atoms with van der Waals surface area (Å²) in [6, 6.07) is 16.7. The predicted octanol–water partition coefficient (Wildman–Crippen LogP) is 5.04. The molecule has 32 heavy (non-hydrogen) atoms. The average Bonchev–Trinajstić information content (AvgIpc) is 2.74. The number of carbonyl (C=O) groups is 1. The molecule has 0 spiro atoms. The van der Waals surface area contributed by atoms with E-state index in [0.29, 0.717) is 23.5 Å². The Morgan fingerprint density at radius 2 is 1.84 bits per heavy atom. The molecule has 2 saturated heterocycles. The van der Waals surface area contributed by atoms with Crippen LogP contribution in [-0.4, -0.2) is 43.3 Å². The first-order valence-corrected chi connectivity index (χ1v) is 12.0. The minimum atomic E-state index is -0.0387. The number of nitrogens with zero attached hydrogens (tertiary/aromatic N) is 1. The van der Waals surface area contributed by atoms with Gasteiger partial charge in [-0.15, -0.1) is 0 Å². The summed E-state index contributed by atoms with van der Waals surface area (Å²) in [7, 11) is 0. The molecule has 2 aromatic carbocycles. The van der Waals surface area contributed by atoms with Crippen molar-refractivity contribution in [3.63, 3.8) is 0 Å². The third-order valence-electron chi connectivity index (χ3n) is 6.43. The molecule has 0 aromatic heterocycles. The second-order valence-corrected chi connectivity index (χ2v) is 10.1. The number of piperidine rings is 1. The van der Waals surface area contributed by atoms with Gasteiger partial charge in [-0.05, 0) is 81.5 Å². The summed E-state index contributed by atoms with van der Waals surface area (Å²) in [6.45, 7) is 7.32. The summed E-state index contributed by atoms with van der Waals surface area (Å²) in [4.78, 5) is 14.8. The Labute approximate surface area is 196 Å². The summed E-state index contributed by atoms with van der Waals surface area (Å²) in [5.41, 5.74) is 2.93. The topological polar surface area (TPSA) is 53.6 Å². The molecule has 6 heteroatoms. The van der Waals surface area contributed by atoms with Crippen LogP contribution in [0.15, 0.2) is 48.5 Å². The van der Waals surface area contributed by atoms with Gasteiger partial charge in [0.25, 0.3) is 0 Å². The van der Waals surface area contributed by atoms with Gasteiger partial charge in [0.1, 0.15) is 0 Å². The van der Waals surface area contributed by atoms with Gasteiger partial charge >= 0.3 is 0 Å². The minimum Gasteiger partial charge on any atom is -0.375 e. The Morgan fingerprint density at radius 3 is 2.53 bits per heavy atom. The highest BCUT2D eigenvalue weighted by Crippen LogP contribution is 2.26. The highest BCUT2D eigenvalue weighted by atomic mass is 35.5. The fourth-order valence-corrected chi connectivity index (χ4v) is 5.02. The number of hydrogen-bond acceptors (Lipinski definition) is 4. The largest absolute Gasteiger partial charge is 0.375 e. The molecule has 5 nitrogen and oxygen atoms in total. The number of halogens is 1. The SMILES string of the molecule is CC1(C)C[C@H](NC2CCN(c3ccc(NC(=O)Cc4cccc(Cl)c4)cc3)CC2)CCO1. The number of ether oxygens (including phenoxy) is 1. The molecule has 0 bridgehead atoms. The second-order valence-electron chi connectivity index (χ2n) is 9.63. The van der Waals surface area contributed by atoms with Gasteiger partial charge in [0.05, 0.1) is 12.0 Å². The number of carbonyl (C=O) groups excluding carboxylic acids is 1. The lowest BCUT2D eigenvalue weighted by atomic mass is 9.92. The first-order chi connectivity index (χ1) is 15.4. The standard InChI is InChI=1S/C26H34ClN3O2/c1-26(2)18-23(12-15-32-26)28-22-10-13-30(14-11-22)24-8-6-21(7-9-24)29-25(31)17-19-4-3-5-20(27)16-19/h3-9,16,22-23,28H,10-15,17-18H2,1-2H3,(H,29,31)/t23-/m1/s1. The average molecular weight is 456 g/mol. The Kier molecular flexibility index (Phi) is 7.39. The quantitative estimate of drug-likeness (QED) is 0.640. The summed E-state index contributed by atoms with van der Waals surface area (Å²) < 4.78 is 5.85. The van der Waals surface area contributed by atoms with Crippen LogP contribution in [0.4, 0.5) is 11.4 Å². The Morgan fingerprint density at radius 1 is 1.09 bits per heavy atom. The molecule has 0 aliphatic carbocycles. The second kappa shape index (κ2) is 10.2. The van der Waals surface area contributed by atoms with Crippen molar-refractivity contribution in [2.75, 3.05) is 29.9 Å². The molecular formula is C26H34ClN3O2. The van der Waals surface area contributed by atoms with Gasteiger partial charge in [-0.25, -0.2) is 0 Å².